The van der Waals surface area contributed by atoms with Crippen LogP contribution in [0.15, 0.2) is 30.5 Å². The molecule has 0 bridgehead atoms. The second kappa shape index (κ2) is 6.22. The van der Waals surface area contributed by atoms with Crippen LogP contribution < -0.4 is 5.32 Å². The first-order valence-corrected chi connectivity index (χ1v) is 9.36. The van der Waals surface area contributed by atoms with E-state index in [9.17, 15) is 8.42 Å². The number of aromatic nitrogens is 2. The second-order valence-electron chi connectivity index (χ2n) is 6.04. The van der Waals surface area contributed by atoms with Crippen LogP contribution >= 0.6 is 0 Å². The van der Waals surface area contributed by atoms with Crippen molar-refractivity contribution in [2.24, 2.45) is 5.92 Å². The zero-order valence-corrected chi connectivity index (χ0v) is 13.5. The SMILES string of the molecule is Cc1ccc(-c2[nH]ncc2CNCC2CCS(=O)(=O)C2)cc1. The maximum absolute atomic E-state index is 11.5. The summed E-state index contributed by atoms with van der Waals surface area (Å²) in [5.41, 5.74) is 4.46. The van der Waals surface area contributed by atoms with Gasteiger partial charge in [-0.25, -0.2) is 8.42 Å². The van der Waals surface area contributed by atoms with Gasteiger partial charge in [0.1, 0.15) is 0 Å². The first-order chi connectivity index (χ1) is 10.5. The highest BCUT2D eigenvalue weighted by atomic mass is 32.2. The molecule has 1 fully saturated rings. The van der Waals surface area contributed by atoms with Gasteiger partial charge in [-0.1, -0.05) is 29.8 Å². The smallest absolute Gasteiger partial charge is 0.150 e. The Morgan fingerprint density at radius 3 is 2.77 bits per heavy atom. The molecule has 1 aromatic carbocycles. The highest BCUT2D eigenvalue weighted by Gasteiger charge is 2.27. The average Bonchev–Trinajstić information content (AvgIpc) is 3.06. The number of rotatable bonds is 5. The summed E-state index contributed by atoms with van der Waals surface area (Å²) in [6.45, 7) is 3.49. The number of nitrogens with one attached hydrogen (secondary N) is 2. The molecule has 3 rings (SSSR count). The minimum atomic E-state index is -2.79. The summed E-state index contributed by atoms with van der Waals surface area (Å²) in [7, 11) is -2.79. The maximum atomic E-state index is 11.5. The molecule has 5 nitrogen and oxygen atoms in total. The first-order valence-electron chi connectivity index (χ1n) is 7.54. The highest BCUT2D eigenvalue weighted by molar-refractivity contribution is 7.91. The Kier molecular flexibility index (Phi) is 4.31. The Hall–Kier alpha value is -1.66. The zero-order chi connectivity index (χ0) is 15.6. The van der Waals surface area contributed by atoms with E-state index in [1.807, 2.05) is 6.20 Å². The summed E-state index contributed by atoms with van der Waals surface area (Å²) >= 11 is 0. The van der Waals surface area contributed by atoms with Gasteiger partial charge in [0.2, 0.25) is 0 Å². The first kappa shape index (κ1) is 15.2. The van der Waals surface area contributed by atoms with E-state index in [0.29, 0.717) is 18.1 Å². The van der Waals surface area contributed by atoms with Crippen LogP contribution in [0.1, 0.15) is 17.5 Å². The molecule has 0 saturated carbocycles. The lowest BCUT2D eigenvalue weighted by molar-refractivity contribution is 0.521. The Morgan fingerprint density at radius 2 is 2.09 bits per heavy atom. The molecule has 0 spiro atoms. The molecule has 118 valence electrons. The van der Waals surface area contributed by atoms with E-state index in [2.05, 4.69) is 46.7 Å². The van der Waals surface area contributed by atoms with Gasteiger partial charge < -0.3 is 5.32 Å². The van der Waals surface area contributed by atoms with Crippen molar-refractivity contribution in [3.63, 3.8) is 0 Å². The Morgan fingerprint density at radius 1 is 1.32 bits per heavy atom. The molecule has 0 radical (unpaired) electrons. The number of nitrogens with zero attached hydrogens (tertiary/aromatic N) is 1. The van der Waals surface area contributed by atoms with Gasteiger partial charge in [0, 0.05) is 12.1 Å². The molecule has 0 aliphatic carbocycles. The third-order valence-electron chi connectivity index (χ3n) is 4.13. The fourth-order valence-corrected chi connectivity index (χ4v) is 4.72. The highest BCUT2D eigenvalue weighted by Crippen LogP contribution is 2.22. The molecule has 2 heterocycles. The van der Waals surface area contributed by atoms with Crippen molar-refractivity contribution in [2.45, 2.75) is 19.9 Å². The van der Waals surface area contributed by atoms with E-state index >= 15 is 0 Å². The number of hydrogen-bond donors (Lipinski definition) is 2. The minimum Gasteiger partial charge on any atom is -0.312 e. The van der Waals surface area contributed by atoms with Gasteiger partial charge in [0.25, 0.3) is 0 Å². The van der Waals surface area contributed by atoms with Crippen molar-refractivity contribution in [3.05, 3.63) is 41.6 Å². The number of aryl methyl sites for hydroxylation is 1. The monoisotopic (exact) mass is 319 g/mol. The number of benzene rings is 1. The summed E-state index contributed by atoms with van der Waals surface area (Å²) in [5, 5.41) is 10.5. The summed E-state index contributed by atoms with van der Waals surface area (Å²) in [4.78, 5) is 0. The Labute approximate surface area is 131 Å². The largest absolute Gasteiger partial charge is 0.312 e. The standard InChI is InChI=1S/C16H21N3O2S/c1-12-2-4-14(5-3-12)16-15(10-18-19-16)9-17-8-13-6-7-22(20,21)11-13/h2-5,10,13,17H,6-9,11H2,1H3,(H,18,19). The second-order valence-corrected chi connectivity index (χ2v) is 8.26. The van der Waals surface area contributed by atoms with Crippen molar-refractivity contribution in [1.29, 1.82) is 0 Å². The van der Waals surface area contributed by atoms with Crippen molar-refractivity contribution >= 4 is 9.84 Å². The van der Waals surface area contributed by atoms with E-state index in [1.54, 1.807) is 0 Å². The van der Waals surface area contributed by atoms with Crippen LogP contribution in [0.4, 0.5) is 0 Å². The maximum Gasteiger partial charge on any atom is 0.150 e. The zero-order valence-electron chi connectivity index (χ0n) is 12.7. The molecule has 1 aliphatic heterocycles. The number of sulfone groups is 1. The fraction of sp³-hybridized carbons (Fsp3) is 0.438. The van der Waals surface area contributed by atoms with E-state index in [4.69, 9.17) is 0 Å². The molecule has 1 unspecified atom stereocenters. The fourth-order valence-electron chi connectivity index (χ4n) is 2.86. The minimum absolute atomic E-state index is 0.236. The topological polar surface area (TPSA) is 74.8 Å². The molecular formula is C16H21N3O2S. The van der Waals surface area contributed by atoms with Gasteiger partial charge in [-0.2, -0.15) is 5.10 Å². The molecule has 1 saturated heterocycles. The van der Waals surface area contributed by atoms with Gasteiger partial charge in [0.15, 0.2) is 9.84 Å². The van der Waals surface area contributed by atoms with Crippen molar-refractivity contribution in [3.8, 4) is 11.3 Å². The molecule has 6 heteroatoms. The molecule has 22 heavy (non-hydrogen) atoms. The lowest BCUT2D eigenvalue weighted by Gasteiger charge is -2.10. The third-order valence-corrected chi connectivity index (χ3v) is 5.97. The van der Waals surface area contributed by atoms with Gasteiger partial charge in [0.05, 0.1) is 23.4 Å². The Balaban J connectivity index is 1.60. The van der Waals surface area contributed by atoms with Crippen molar-refractivity contribution in [1.82, 2.24) is 15.5 Å². The summed E-state index contributed by atoms with van der Waals surface area (Å²) in [6, 6.07) is 8.32. The normalized spacial score (nSPS) is 20.3. The van der Waals surface area contributed by atoms with Crippen LogP contribution in [0, 0.1) is 12.8 Å². The van der Waals surface area contributed by atoms with Gasteiger partial charge in [-0.05, 0) is 31.4 Å². The number of hydrogen-bond acceptors (Lipinski definition) is 4. The van der Waals surface area contributed by atoms with Crippen LogP contribution in [-0.2, 0) is 16.4 Å². The van der Waals surface area contributed by atoms with E-state index in [0.717, 1.165) is 29.8 Å². The van der Waals surface area contributed by atoms with Crippen LogP contribution in [0.3, 0.4) is 0 Å². The van der Waals surface area contributed by atoms with Crippen LogP contribution in [0.25, 0.3) is 11.3 Å². The molecule has 0 amide bonds. The lowest BCUT2D eigenvalue weighted by Crippen LogP contribution is -2.23. The van der Waals surface area contributed by atoms with Crippen molar-refractivity contribution in [2.75, 3.05) is 18.1 Å². The molecule has 1 aromatic heterocycles. The predicted octanol–water partition coefficient (Wildman–Crippen LogP) is 1.91. The third kappa shape index (κ3) is 3.56. The van der Waals surface area contributed by atoms with E-state index in [-0.39, 0.29) is 5.92 Å². The molecule has 1 aliphatic rings. The molecular weight excluding hydrogens is 298 g/mol. The number of H-pyrrole nitrogens is 1. The van der Waals surface area contributed by atoms with Crippen molar-refractivity contribution < 1.29 is 8.42 Å². The molecule has 2 aromatic rings. The summed E-state index contributed by atoms with van der Waals surface area (Å²) < 4.78 is 22.9. The predicted molar refractivity (Wildman–Crippen MR) is 87.2 cm³/mol. The lowest BCUT2D eigenvalue weighted by atomic mass is 10.1. The quantitative estimate of drug-likeness (QED) is 0.883. The van der Waals surface area contributed by atoms with Crippen LogP contribution in [0.2, 0.25) is 0 Å². The van der Waals surface area contributed by atoms with E-state index in [1.165, 1.54) is 5.56 Å². The molecule has 2 N–H and O–H groups in total. The number of aromatic amines is 1. The van der Waals surface area contributed by atoms with Gasteiger partial charge >= 0.3 is 0 Å². The van der Waals surface area contributed by atoms with Gasteiger partial charge in [-0.15, -0.1) is 0 Å². The molecule has 1 atom stereocenters. The van der Waals surface area contributed by atoms with Crippen LogP contribution in [-0.4, -0.2) is 36.7 Å². The summed E-state index contributed by atoms with van der Waals surface area (Å²) in [5.74, 6) is 0.885. The average molecular weight is 319 g/mol. The summed E-state index contributed by atoms with van der Waals surface area (Å²) in [6.07, 6.45) is 2.60. The Bertz CT molecular complexity index is 735. The van der Waals surface area contributed by atoms with Crippen LogP contribution in [0.5, 0.6) is 0 Å². The van der Waals surface area contributed by atoms with E-state index < -0.39 is 9.84 Å². The van der Waals surface area contributed by atoms with Gasteiger partial charge in [-0.3, -0.25) is 5.10 Å².